The van der Waals surface area contributed by atoms with Crippen LogP contribution in [-0.4, -0.2) is 48.1 Å². The van der Waals surface area contributed by atoms with Gasteiger partial charge in [0, 0.05) is 12.8 Å². The number of hydrogen-bond donors (Lipinski definition) is 2. The summed E-state index contributed by atoms with van der Waals surface area (Å²) in [5.41, 5.74) is 0.912. The van der Waals surface area contributed by atoms with E-state index in [2.05, 4.69) is 17.3 Å². The standard InChI is InChI=1S/C17H24N2O3/c1-19-9-7-14(8-10-19)12-16(20)18-15(17(21)22)11-13-5-3-2-4-6-13/h2-6,14-15H,7-12H2,1H3,(H,18,20)(H,21,22)/t15-/m0/s1. The van der Waals surface area contributed by atoms with Crippen molar-refractivity contribution in [3.8, 4) is 0 Å². The zero-order chi connectivity index (χ0) is 15.9. The SMILES string of the molecule is CN1CCC(CC(=O)N[C@@H](Cc2ccccc2)C(=O)O)CC1. The number of hydrogen-bond acceptors (Lipinski definition) is 3. The largest absolute Gasteiger partial charge is 0.480 e. The molecule has 2 N–H and O–H groups in total. The Kier molecular flexibility index (Phi) is 5.95. The first-order chi connectivity index (χ1) is 10.5. The van der Waals surface area contributed by atoms with Gasteiger partial charge >= 0.3 is 5.97 Å². The summed E-state index contributed by atoms with van der Waals surface area (Å²) >= 11 is 0. The van der Waals surface area contributed by atoms with Crippen molar-refractivity contribution >= 4 is 11.9 Å². The number of nitrogens with zero attached hydrogens (tertiary/aromatic N) is 1. The van der Waals surface area contributed by atoms with Crippen LogP contribution in [0.2, 0.25) is 0 Å². The highest BCUT2D eigenvalue weighted by molar-refractivity contribution is 5.83. The van der Waals surface area contributed by atoms with E-state index in [4.69, 9.17) is 0 Å². The predicted octanol–water partition coefficient (Wildman–Crippen LogP) is 1.53. The Labute approximate surface area is 131 Å². The van der Waals surface area contributed by atoms with Gasteiger partial charge in [-0.1, -0.05) is 30.3 Å². The minimum atomic E-state index is -0.986. The Morgan fingerprint density at radius 2 is 1.91 bits per heavy atom. The van der Waals surface area contributed by atoms with Gasteiger partial charge in [-0.05, 0) is 44.5 Å². The van der Waals surface area contributed by atoms with Gasteiger partial charge in [0.25, 0.3) is 0 Å². The Morgan fingerprint density at radius 1 is 1.27 bits per heavy atom. The zero-order valence-electron chi connectivity index (χ0n) is 13.0. The monoisotopic (exact) mass is 304 g/mol. The molecule has 0 unspecified atom stereocenters. The molecule has 1 amide bonds. The van der Waals surface area contributed by atoms with Gasteiger partial charge in [-0.2, -0.15) is 0 Å². The van der Waals surface area contributed by atoms with E-state index in [1.54, 1.807) is 0 Å². The van der Waals surface area contributed by atoms with Crippen molar-refractivity contribution in [1.29, 1.82) is 0 Å². The van der Waals surface area contributed by atoms with Crippen LogP contribution in [0.3, 0.4) is 0 Å². The molecular weight excluding hydrogens is 280 g/mol. The number of nitrogens with one attached hydrogen (secondary N) is 1. The Balaban J connectivity index is 1.85. The highest BCUT2D eigenvalue weighted by atomic mass is 16.4. The second kappa shape index (κ2) is 7.94. The molecule has 5 heteroatoms. The molecule has 2 rings (SSSR count). The van der Waals surface area contributed by atoms with Gasteiger partial charge in [-0.3, -0.25) is 4.79 Å². The summed E-state index contributed by atoms with van der Waals surface area (Å²) in [7, 11) is 2.08. The van der Waals surface area contributed by atoms with Gasteiger partial charge < -0.3 is 15.3 Å². The third kappa shape index (κ3) is 5.15. The van der Waals surface area contributed by atoms with E-state index in [1.807, 2.05) is 30.3 Å². The van der Waals surface area contributed by atoms with E-state index in [9.17, 15) is 14.7 Å². The van der Waals surface area contributed by atoms with Crippen LogP contribution in [-0.2, 0) is 16.0 Å². The first kappa shape index (κ1) is 16.5. The van der Waals surface area contributed by atoms with Crippen molar-refractivity contribution in [2.75, 3.05) is 20.1 Å². The molecular formula is C17H24N2O3. The fourth-order valence-corrected chi connectivity index (χ4v) is 2.83. The van der Waals surface area contributed by atoms with Crippen LogP contribution >= 0.6 is 0 Å². The number of amides is 1. The number of aliphatic carboxylic acids is 1. The van der Waals surface area contributed by atoms with Crippen LogP contribution in [0.15, 0.2) is 30.3 Å². The molecule has 1 saturated heterocycles. The molecule has 5 nitrogen and oxygen atoms in total. The maximum atomic E-state index is 12.1. The second-order valence-corrected chi connectivity index (χ2v) is 6.10. The van der Waals surface area contributed by atoms with Gasteiger partial charge in [0.2, 0.25) is 5.91 Å². The van der Waals surface area contributed by atoms with Crippen molar-refractivity contribution in [3.63, 3.8) is 0 Å². The Hall–Kier alpha value is -1.88. The molecule has 1 fully saturated rings. The number of carbonyl (C=O) groups excluding carboxylic acids is 1. The summed E-state index contributed by atoms with van der Waals surface area (Å²) in [5, 5.41) is 12.0. The number of rotatable bonds is 6. The lowest BCUT2D eigenvalue weighted by Gasteiger charge is -2.28. The van der Waals surface area contributed by atoms with Crippen molar-refractivity contribution in [1.82, 2.24) is 10.2 Å². The molecule has 22 heavy (non-hydrogen) atoms. The van der Waals surface area contributed by atoms with Crippen molar-refractivity contribution in [2.24, 2.45) is 5.92 Å². The maximum absolute atomic E-state index is 12.1. The molecule has 120 valence electrons. The van der Waals surface area contributed by atoms with Gasteiger partial charge in [0.15, 0.2) is 0 Å². The van der Waals surface area contributed by atoms with Crippen LogP contribution in [0.25, 0.3) is 0 Å². The van der Waals surface area contributed by atoms with Gasteiger partial charge in [-0.15, -0.1) is 0 Å². The van der Waals surface area contributed by atoms with E-state index in [1.165, 1.54) is 0 Å². The fraction of sp³-hybridized carbons (Fsp3) is 0.529. The lowest BCUT2D eigenvalue weighted by molar-refractivity contribution is -0.142. The summed E-state index contributed by atoms with van der Waals surface area (Å²) < 4.78 is 0. The van der Waals surface area contributed by atoms with Gasteiger partial charge in [0.05, 0.1) is 0 Å². The summed E-state index contributed by atoms with van der Waals surface area (Å²) in [6, 6.07) is 8.51. The molecule has 0 bridgehead atoms. The van der Waals surface area contributed by atoms with E-state index < -0.39 is 12.0 Å². The van der Waals surface area contributed by atoms with Crippen molar-refractivity contribution in [3.05, 3.63) is 35.9 Å². The van der Waals surface area contributed by atoms with E-state index in [0.717, 1.165) is 31.5 Å². The average Bonchev–Trinajstić information content (AvgIpc) is 2.50. The number of carboxylic acid groups (broad SMARTS) is 1. The van der Waals surface area contributed by atoms with Gasteiger partial charge in [-0.25, -0.2) is 4.79 Å². The maximum Gasteiger partial charge on any atom is 0.326 e. The number of carbonyl (C=O) groups is 2. The average molecular weight is 304 g/mol. The lowest BCUT2D eigenvalue weighted by Crippen LogP contribution is -2.43. The third-order valence-corrected chi connectivity index (χ3v) is 4.23. The second-order valence-electron chi connectivity index (χ2n) is 6.10. The van der Waals surface area contributed by atoms with E-state index in [0.29, 0.717) is 18.8 Å². The summed E-state index contributed by atoms with van der Waals surface area (Å²) in [5.74, 6) is -0.777. The molecule has 1 heterocycles. The molecule has 0 spiro atoms. The van der Waals surface area contributed by atoms with E-state index >= 15 is 0 Å². The first-order valence-electron chi connectivity index (χ1n) is 7.79. The number of carboxylic acids is 1. The molecule has 1 aromatic carbocycles. The normalized spacial score (nSPS) is 17.9. The smallest absolute Gasteiger partial charge is 0.326 e. The lowest BCUT2D eigenvalue weighted by atomic mass is 9.93. The van der Waals surface area contributed by atoms with Crippen LogP contribution in [0.5, 0.6) is 0 Å². The van der Waals surface area contributed by atoms with Crippen LogP contribution in [0.4, 0.5) is 0 Å². The molecule has 1 aliphatic rings. The molecule has 1 atom stereocenters. The highest BCUT2D eigenvalue weighted by Crippen LogP contribution is 2.19. The number of likely N-dealkylation sites (tertiary alicyclic amines) is 1. The molecule has 0 aliphatic carbocycles. The Bertz CT molecular complexity index is 496. The molecule has 1 aromatic rings. The molecule has 1 aliphatic heterocycles. The molecule has 0 aromatic heterocycles. The Morgan fingerprint density at radius 3 is 2.50 bits per heavy atom. The summed E-state index contributed by atoms with van der Waals surface area (Å²) in [4.78, 5) is 25.7. The molecule has 0 radical (unpaired) electrons. The first-order valence-corrected chi connectivity index (χ1v) is 7.79. The van der Waals surface area contributed by atoms with Crippen LogP contribution < -0.4 is 5.32 Å². The highest BCUT2D eigenvalue weighted by Gasteiger charge is 2.24. The fourth-order valence-electron chi connectivity index (χ4n) is 2.83. The van der Waals surface area contributed by atoms with Gasteiger partial charge in [0.1, 0.15) is 6.04 Å². The summed E-state index contributed by atoms with van der Waals surface area (Å²) in [6.07, 6.45) is 2.74. The topological polar surface area (TPSA) is 69.6 Å². The molecule has 0 saturated carbocycles. The van der Waals surface area contributed by atoms with Crippen LogP contribution in [0, 0.1) is 5.92 Å². The van der Waals surface area contributed by atoms with Crippen molar-refractivity contribution < 1.29 is 14.7 Å². The quantitative estimate of drug-likeness (QED) is 0.836. The number of benzene rings is 1. The minimum absolute atomic E-state index is 0.155. The number of piperidine rings is 1. The third-order valence-electron chi connectivity index (χ3n) is 4.23. The zero-order valence-corrected chi connectivity index (χ0v) is 13.0. The predicted molar refractivity (Wildman–Crippen MR) is 84.6 cm³/mol. The van der Waals surface area contributed by atoms with E-state index in [-0.39, 0.29) is 5.91 Å². The summed E-state index contributed by atoms with van der Waals surface area (Å²) in [6.45, 7) is 2.01. The minimum Gasteiger partial charge on any atom is -0.480 e. The van der Waals surface area contributed by atoms with Crippen molar-refractivity contribution in [2.45, 2.75) is 31.7 Å². The van der Waals surface area contributed by atoms with Crippen LogP contribution in [0.1, 0.15) is 24.8 Å².